The average molecular weight is 645 g/mol. The number of ether oxygens (including phenoxy) is 1. The minimum atomic E-state index is -4.00. The molecule has 45 heavy (non-hydrogen) atoms. The molecule has 0 unspecified atom stereocenters. The van der Waals surface area contributed by atoms with Crippen LogP contribution in [0.4, 0.5) is 8.78 Å². The number of benzene rings is 2. The number of carbonyl (C=O) groups excluding carboxylic acids is 2. The molecule has 0 bridgehead atoms. The molecule has 3 N–H and O–H groups in total. The van der Waals surface area contributed by atoms with Gasteiger partial charge in [-0.15, -0.1) is 0 Å². The van der Waals surface area contributed by atoms with Gasteiger partial charge in [0.25, 0.3) is 5.91 Å². The molecule has 3 atom stereocenters. The Labute approximate surface area is 263 Å². The lowest BCUT2D eigenvalue weighted by atomic mass is 9.74. The van der Waals surface area contributed by atoms with E-state index in [0.29, 0.717) is 47.3 Å². The SMILES string of the molecule is CN(C)S(=O)(=O)NC(=O)Cc1cccc(O[C@@H]2CC[C@@H](NC(=O)[C@@]3(F)CNC4(CCC4)C3)C2)c1-c1cccc(F)c1C1CCC1. The van der Waals surface area contributed by atoms with Crippen molar-refractivity contribution in [3.8, 4) is 16.9 Å². The van der Waals surface area contributed by atoms with E-state index in [4.69, 9.17) is 4.74 Å². The van der Waals surface area contributed by atoms with Crippen LogP contribution in [0.25, 0.3) is 11.1 Å². The van der Waals surface area contributed by atoms with E-state index in [0.717, 1.165) is 42.8 Å². The van der Waals surface area contributed by atoms with Crippen molar-refractivity contribution in [2.75, 3.05) is 20.6 Å². The zero-order valence-corrected chi connectivity index (χ0v) is 26.7. The van der Waals surface area contributed by atoms with E-state index in [1.165, 1.54) is 20.2 Å². The second-order valence-corrected chi connectivity index (χ2v) is 15.3. The number of hydrogen-bond acceptors (Lipinski definition) is 6. The Morgan fingerprint density at radius 3 is 2.47 bits per heavy atom. The molecule has 3 saturated carbocycles. The van der Waals surface area contributed by atoms with Gasteiger partial charge in [-0.05, 0) is 79.7 Å². The van der Waals surface area contributed by atoms with Gasteiger partial charge >= 0.3 is 10.2 Å². The predicted molar refractivity (Wildman–Crippen MR) is 166 cm³/mol. The second kappa shape index (κ2) is 12.3. The van der Waals surface area contributed by atoms with Crippen LogP contribution in [0.5, 0.6) is 5.75 Å². The van der Waals surface area contributed by atoms with Crippen molar-refractivity contribution in [2.24, 2.45) is 0 Å². The lowest BCUT2D eigenvalue weighted by Gasteiger charge is -2.38. The van der Waals surface area contributed by atoms with Crippen LogP contribution in [0, 0.1) is 5.82 Å². The number of hydrogen-bond donors (Lipinski definition) is 3. The molecular formula is C33H42F2N4O5S. The van der Waals surface area contributed by atoms with Crippen molar-refractivity contribution in [1.82, 2.24) is 19.7 Å². The van der Waals surface area contributed by atoms with Crippen molar-refractivity contribution in [1.29, 1.82) is 0 Å². The van der Waals surface area contributed by atoms with Crippen LogP contribution in [0.15, 0.2) is 36.4 Å². The third kappa shape index (κ3) is 6.46. The highest BCUT2D eigenvalue weighted by Crippen LogP contribution is 2.47. The summed E-state index contributed by atoms with van der Waals surface area (Å²) in [5.41, 5.74) is 0.0883. The van der Waals surface area contributed by atoms with Gasteiger partial charge in [0.2, 0.25) is 11.6 Å². The number of nitrogens with one attached hydrogen (secondary N) is 3. The van der Waals surface area contributed by atoms with Gasteiger partial charge in [-0.25, -0.2) is 13.5 Å². The van der Waals surface area contributed by atoms with E-state index in [1.54, 1.807) is 24.3 Å². The van der Waals surface area contributed by atoms with Gasteiger partial charge in [0.15, 0.2) is 0 Å². The molecule has 1 spiro atoms. The number of rotatable bonds is 10. The van der Waals surface area contributed by atoms with Crippen molar-refractivity contribution in [3.05, 3.63) is 53.3 Å². The van der Waals surface area contributed by atoms with Crippen LogP contribution >= 0.6 is 0 Å². The molecule has 12 heteroatoms. The number of carbonyl (C=O) groups is 2. The summed E-state index contributed by atoms with van der Waals surface area (Å²) in [6.07, 6.45) is 6.90. The highest BCUT2D eigenvalue weighted by Gasteiger charge is 2.55. The molecule has 0 radical (unpaired) electrons. The summed E-state index contributed by atoms with van der Waals surface area (Å²) in [7, 11) is -1.35. The molecule has 2 aromatic carbocycles. The molecule has 4 aliphatic rings. The molecule has 2 aromatic rings. The van der Waals surface area contributed by atoms with Gasteiger partial charge < -0.3 is 15.4 Å². The van der Waals surface area contributed by atoms with Crippen molar-refractivity contribution < 1.29 is 31.5 Å². The number of halogens is 2. The fourth-order valence-electron chi connectivity index (χ4n) is 7.22. The molecule has 1 heterocycles. The van der Waals surface area contributed by atoms with Crippen molar-refractivity contribution >= 4 is 22.0 Å². The summed E-state index contributed by atoms with van der Waals surface area (Å²) in [4.78, 5) is 26.0. The molecule has 3 aliphatic carbocycles. The number of amides is 2. The minimum Gasteiger partial charge on any atom is -0.490 e. The van der Waals surface area contributed by atoms with Crippen LogP contribution in [0.2, 0.25) is 0 Å². The first-order valence-corrected chi connectivity index (χ1v) is 17.4. The standard InChI is InChI=1S/C33H42F2N4O5S/c1-39(2)45(42,43)38-28(40)17-22-9-4-12-27(30(22)25-10-5-11-26(34)29(25)21-7-3-8-21)44-24-14-13-23(18-24)37-31(41)33(35)19-32(36-20-33)15-6-16-32/h4-5,9-12,21,23-24,36H,3,6-8,13-20H2,1-2H3,(H,37,41)(H,38,40)/t23-,24-,33+/m1/s1. The van der Waals surface area contributed by atoms with Gasteiger partial charge in [-0.2, -0.15) is 12.7 Å². The van der Waals surface area contributed by atoms with Gasteiger partial charge in [0, 0.05) is 50.6 Å². The summed E-state index contributed by atoms with van der Waals surface area (Å²) in [6, 6.07) is 9.86. The van der Waals surface area contributed by atoms with Gasteiger partial charge in [-0.1, -0.05) is 30.7 Å². The van der Waals surface area contributed by atoms with Crippen LogP contribution < -0.4 is 20.1 Å². The lowest BCUT2D eigenvalue weighted by molar-refractivity contribution is -0.133. The van der Waals surface area contributed by atoms with Gasteiger partial charge in [-0.3, -0.25) is 9.59 Å². The summed E-state index contributed by atoms with van der Waals surface area (Å²) >= 11 is 0. The smallest absolute Gasteiger partial charge is 0.303 e. The fourth-order valence-corrected chi connectivity index (χ4v) is 7.76. The Morgan fingerprint density at radius 1 is 1.07 bits per heavy atom. The van der Waals surface area contributed by atoms with E-state index in [9.17, 15) is 18.0 Å². The predicted octanol–water partition coefficient (Wildman–Crippen LogP) is 4.27. The maximum atomic E-state index is 15.6. The third-order valence-electron chi connectivity index (χ3n) is 10.1. The molecule has 9 nitrogen and oxygen atoms in total. The minimum absolute atomic E-state index is 0.0298. The molecule has 6 rings (SSSR count). The Kier molecular flexibility index (Phi) is 8.68. The van der Waals surface area contributed by atoms with E-state index in [1.807, 2.05) is 6.07 Å². The summed E-state index contributed by atoms with van der Waals surface area (Å²) in [5.74, 6) is -1.14. The molecule has 0 aromatic heterocycles. The van der Waals surface area contributed by atoms with Crippen LogP contribution in [-0.2, 0) is 26.2 Å². The highest BCUT2D eigenvalue weighted by atomic mass is 32.2. The van der Waals surface area contributed by atoms with E-state index in [-0.39, 0.29) is 48.8 Å². The first-order valence-electron chi connectivity index (χ1n) is 15.9. The first kappa shape index (κ1) is 31.9. The van der Waals surface area contributed by atoms with Gasteiger partial charge in [0.1, 0.15) is 17.7 Å². The topological polar surface area (TPSA) is 117 Å². The average Bonchev–Trinajstić information content (AvgIpc) is 3.53. The van der Waals surface area contributed by atoms with Crippen molar-refractivity contribution in [2.45, 2.75) is 99.9 Å². The normalized spacial score (nSPS) is 26.0. The molecule has 1 aliphatic heterocycles. The fraction of sp³-hybridized carbons (Fsp3) is 0.576. The summed E-state index contributed by atoms with van der Waals surface area (Å²) in [5, 5.41) is 6.17. The quantitative estimate of drug-likeness (QED) is 0.356. The summed E-state index contributed by atoms with van der Waals surface area (Å²) < 4.78 is 65.2. The maximum absolute atomic E-state index is 15.6. The highest BCUT2D eigenvalue weighted by molar-refractivity contribution is 7.87. The summed E-state index contributed by atoms with van der Waals surface area (Å²) in [6.45, 7) is 0.0298. The largest absolute Gasteiger partial charge is 0.490 e. The molecular weight excluding hydrogens is 602 g/mol. The number of alkyl halides is 1. The Morgan fingerprint density at radius 2 is 1.82 bits per heavy atom. The Bertz CT molecular complexity index is 1580. The lowest BCUT2D eigenvalue weighted by Crippen LogP contribution is -2.49. The third-order valence-corrected chi connectivity index (χ3v) is 11.6. The number of nitrogens with zero attached hydrogens (tertiary/aromatic N) is 1. The maximum Gasteiger partial charge on any atom is 0.303 e. The van der Waals surface area contributed by atoms with Crippen LogP contribution in [0.3, 0.4) is 0 Å². The second-order valence-electron chi connectivity index (χ2n) is 13.5. The zero-order chi connectivity index (χ0) is 32.0. The molecule has 244 valence electrons. The molecule has 1 saturated heterocycles. The molecule has 2 amide bonds. The Balaban J connectivity index is 1.23. The zero-order valence-electron chi connectivity index (χ0n) is 25.8. The van der Waals surface area contributed by atoms with E-state index < -0.39 is 27.7 Å². The van der Waals surface area contributed by atoms with E-state index in [2.05, 4.69) is 15.4 Å². The van der Waals surface area contributed by atoms with Gasteiger partial charge in [0.05, 0.1) is 6.42 Å². The van der Waals surface area contributed by atoms with Crippen LogP contribution in [-0.4, -0.2) is 68.5 Å². The monoisotopic (exact) mass is 644 g/mol. The van der Waals surface area contributed by atoms with E-state index >= 15 is 8.78 Å². The van der Waals surface area contributed by atoms with Crippen molar-refractivity contribution in [3.63, 3.8) is 0 Å². The first-order chi connectivity index (χ1) is 21.4. The molecule has 4 fully saturated rings. The van der Waals surface area contributed by atoms with Crippen LogP contribution in [0.1, 0.15) is 81.3 Å². The Hall–Kier alpha value is -3.09.